The average Bonchev–Trinajstić information content (AvgIpc) is 3.63. The summed E-state index contributed by atoms with van der Waals surface area (Å²) >= 11 is 0. The van der Waals surface area contributed by atoms with Crippen LogP contribution >= 0.6 is 0 Å². The molecule has 7 nitrogen and oxygen atoms in total. The molecule has 0 unspecified atom stereocenters. The van der Waals surface area contributed by atoms with E-state index < -0.39 is 11.0 Å². The molecule has 1 aliphatic carbocycles. The van der Waals surface area contributed by atoms with Crippen LogP contribution in [0, 0.1) is 6.92 Å². The van der Waals surface area contributed by atoms with Crippen molar-refractivity contribution in [2.75, 3.05) is 20.0 Å². The van der Waals surface area contributed by atoms with Gasteiger partial charge in [0.15, 0.2) is 11.5 Å². The van der Waals surface area contributed by atoms with Gasteiger partial charge in [-0.25, -0.2) is 0 Å². The van der Waals surface area contributed by atoms with E-state index in [9.17, 15) is 19.8 Å². The maximum Gasteiger partial charge on any atom is 0.251 e. The van der Waals surface area contributed by atoms with Crippen molar-refractivity contribution in [3.05, 3.63) is 82.9 Å². The van der Waals surface area contributed by atoms with Crippen LogP contribution in [0.3, 0.4) is 0 Å². The molecule has 0 aromatic heterocycles. The molecule has 0 radical (unpaired) electrons. The number of hydrogen-bond donors (Lipinski definition) is 3. The zero-order valence-electron chi connectivity index (χ0n) is 21.8. The Hall–Kier alpha value is -3.68. The minimum absolute atomic E-state index is 0. The number of Topliss-reactive ketones (excluding diaryl/α,β-unsaturated/α-hetero) is 1. The highest BCUT2D eigenvalue weighted by atomic mass is 16.7. The quantitative estimate of drug-likeness (QED) is 0.362. The van der Waals surface area contributed by atoms with Crippen molar-refractivity contribution in [2.24, 2.45) is 0 Å². The van der Waals surface area contributed by atoms with E-state index in [-0.39, 0.29) is 34.6 Å². The lowest BCUT2D eigenvalue weighted by molar-refractivity contribution is -0.120. The van der Waals surface area contributed by atoms with Gasteiger partial charge in [-0.3, -0.25) is 9.59 Å². The van der Waals surface area contributed by atoms with E-state index in [0.717, 1.165) is 46.4 Å². The number of hydrogen-bond acceptors (Lipinski definition) is 6. The van der Waals surface area contributed by atoms with E-state index in [1.54, 1.807) is 19.1 Å². The zero-order chi connectivity index (χ0) is 26.9. The normalized spacial score (nSPS) is 15.3. The standard InChI is InChI=1S/C31H33NO6.2H2/c1-3-30(17-33,18-34)32-29(36)23-8-6-22(7-9-23)25-14-21(5-4-20(25)2)15-28(35)31(12-13-31)24-10-11-26-27(16-24)38-19-37-26;;/h4-11,14,16,33-34H,3,12-13,15,17-19H2,1-2H3,(H,32,36);2*1H. The number of carbonyl (C=O) groups excluding carboxylic acids is 2. The fraction of sp³-hybridized carbons (Fsp3) is 0.355. The zero-order valence-corrected chi connectivity index (χ0v) is 21.8. The van der Waals surface area contributed by atoms with Crippen LogP contribution in [0.5, 0.6) is 11.5 Å². The highest BCUT2D eigenvalue weighted by Crippen LogP contribution is 2.51. The Kier molecular flexibility index (Phi) is 6.99. The monoisotopic (exact) mass is 519 g/mol. The topological polar surface area (TPSA) is 105 Å². The van der Waals surface area contributed by atoms with Gasteiger partial charge in [0.2, 0.25) is 6.79 Å². The number of carbonyl (C=O) groups is 2. The van der Waals surface area contributed by atoms with Crippen LogP contribution in [-0.2, 0) is 16.6 Å². The molecule has 38 heavy (non-hydrogen) atoms. The Morgan fingerprint density at radius 1 is 0.974 bits per heavy atom. The van der Waals surface area contributed by atoms with Crippen LogP contribution in [0.15, 0.2) is 60.7 Å². The van der Waals surface area contributed by atoms with Crippen molar-refractivity contribution < 1.29 is 32.1 Å². The van der Waals surface area contributed by atoms with Crippen molar-refractivity contribution in [3.63, 3.8) is 0 Å². The van der Waals surface area contributed by atoms with E-state index in [1.807, 2.05) is 49.4 Å². The van der Waals surface area contributed by atoms with Crippen LogP contribution in [0.4, 0.5) is 0 Å². The minimum atomic E-state index is -1.05. The molecule has 1 saturated carbocycles. The molecule has 202 valence electrons. The highest BCUT2D eigenvalue weighted by molar-refractivity contribution is 5.96. The van der Waals surface area contributed by atoms with Gasteiger partial charge in [-0.2, -0.15) is 0 Å². The van der Waals surface area contributed by atoms with Gasteiger partial charge in [-0.1, -0.05) is 43.3 Å². The molecule has 0 bridgehead atoms. The number of fused-ring (bicyclic) bond motifs is 1. The summed E-state index contributed by atoms with van der Waals surface area (Å²) < 4.78 is 10.9. The smallest absolute Gasteiger partial charge is 0.251 e. The first-order valence-corrected chi connectivity index (χ1v) is 13.0. The van der Waals surface area contributed by atoms with Gasteiger partial charge >= 0.3 is 0 Å². The first-order chi connectivity index (χ1) is 18.3. The van der Waals surface area contributed by atoms with Gasteiger partial charge in [-0.05, 0) is 78.3 Å². The largest absolute Gasteiger partial charge is 0.454 e. The molecule has 1 fully saturated rings. The number of ether oxygens (including phenoxy) is 2. The van der Waals surface area contributed by atoms with E-state index in [0.29, 0.717) is 24.2 Å². The summed E-state index contributed by atoms with van der Waals surface area (Å²) in [6.45, 7) is 3.35. The molecule has 0 spiro atoms. The highest BCUT2D eigenvalue weighted by Gasteiger charge is 2.50. The van der Waals surface area contributed by atoms with E-state index in [4.69, 9.17) is 9.47 Å². The van der Waals surface area contributed by atoms with E-state index in [2.05, 4.69) is 11.4 Å². The molecular weight excluding hydrogens is 482 g/mol. The summed E-state index contributed by atoms with van der Waals surface area (Å²) in [4.78, 5) is 26.2. The molecule has 3 aromatic carbocycles. The molecule has 3 aromatic rings. The second kappa shape index (κ2) is 10.2. The average molecular weight is 520 g/mol. The van der Waals surface area contributed by atoms with Crippen molar-refractivity contribution in [1.82, 2.24) is 5.32 Å². The summed E-state index contributed by atoms with van der Waals surface area (Å²) in [7, 11) is 0. The second-order valence-corrected chi connectivity index (χ2v) is 10.4. The predicted molar refractivity (Wildman–Crippen MR) is 148 cm³/mol. The number of benzene rings is 3. The fourth-order valence-corrected chi connectivity index (χ4v) is 5.05. The van der Waals surface area contributed by atoms with Crippen LogP contribution in [0.2, 0.25) is 0 Å². The number of aliphatic hydroxyl groups is 2. The molecule has 3 N–H and O–H groups in total. The predicted octanol–water partition coefficient (Wildman–Crippen LogP) is 4.59. The summed E-state index contributed by atoms with van der Waals surface area (Å²) in [5, 5.41) is 22.0. The van der Waals surface area contributed by atoms with Crippen LogP contribution in [0.1, 0.15) is 56.1 Å². The molecule has 1 aliphatic heterocycles. The van der Waals surface area contributed by atoms with Crippen molar-refractivity contribution >= 4 is 11.7 Å². The van der Waals surface area contributed by atoms with Gasteiger partial charge in [0.05, 0.1) is 24.2 Å². The third-order valence-electron chi connectivity index (χ3n) is 7.99. The first kappa shape index (κ1) is 25.9. The third kappa shape index (κ3) is 4.79. The molecule has 2 aliphatic rings. The lowest BCUT2D eigenvalue weighted by atomic mass is 9.87. The first-order valence-electron chi connectivity index (χ1n) is 13.0. The fourth-order valence-electron chi connectivity index (χ4n) is 5.05. The van der Waals surface area contributed by atoms with Crippen LogP contribution < -0.4 is 14.8 Å². The summed E-state index contributed by atoms with van der Waals surface area (Å²) in [5.74, 6) is 1.26. The maximum absolute atomic E-state index is 13.5. The Bertz CT molecular complexity index is 1360. The molecule has 5 rings (SSSR count). The molecule has 7 heteroatoms. The number of rotatable bonds is 10. The summed E-state index contributed by atoms with van der Waals surface area (Å²) in [6.07, 6.45) is 2.41. The molecular formula is C31H37NO6. The number of amides is 1. The SMILES string of the molecule is CCC(CO)(CO)NC(=O)c1ccc(-c2cc(CC(=O)C3(c4ccc5c(c4)OCO5)CC3)ccc2C)cc1.[HH].[HH]. The number of ketones is 1. The third-order valence-corrected chi connectivity index (χ3v) is 7.99. The van der Waals surface area contributed by atoms with Gasteiger partial charge in [0.25, 0.3) is 5.91 Å². The number of aliphatic hydroxyl groups excluding tert-OH is 2. The van der Waals surface area contributed by atoms with Crippen molar-refractivity contribution in [1.29, 1.82) is 0 Å². The Morgan fingerprint density at radius 3 is 2.34 bits per heavy atom. The van der Waals surface area contributed by atoms with E-state index in [1.165, 1.54) is 0 Å². The molecule has 1 amide bonds. The molecule has 0 saturated heterocycles. The van der Waals surface area contributed by atoms with Gasteiger partial charge in [0.1, 0.15) is 5.78 Å². The summed E-state index contributed by atoms with van der Waals surface area (Å²) in [5.41, 5.74) is 3.88. The van der Waals surface area contributed by atoms with Gasteiger partial charge in [-0.15, -0.1) is 0 Å². The van der Waals surface area contributed by atoms with Crippen LogP contribution in [0.25, 0.3) is 11.1 Å². The number of nitrogens with one attached hydrogen (secondary N) is 1. The maximum atomic E-state index is 13.5. The van der Waals surface area contributed by atoms with Gasteiger partial charge in [0, 0.05) is 14.8 Å². The van der Waals surface area contributed by atoms with Crippen molar-refractivity contribution in [3.8, 4) is 22.6 Å². The molecule has 1 heterocycles. The second-order valence-electron chi connectivity index (χ2n) is 10.4. The lowest BCUT2D eigenvalue weighted by Gasteiger charge is -2.29. The Labute approximate surface area is 225 Å². The Morgan fingerprint density at radius 2 is 1.68 bits per heavy atom. The molecule has 0 atom stereocenters. The van der Waals surface area contributed by atoms with Crippen molar-refractivity contribution in [2.45, 2.75) is 50.5 Å². The Balaban J connectivity index is 0.00000220. The number of aryl methyl sites for hydroxylation is 1. The summed E-state index contributed by atoms with van der Waals surface area (Å²) in [6, 6.07) is 19.1. The van der Waals surface area contributed by atoms with Crippen LogP contribution in [-0.4, -0.2) is 47.4 Å². The van der Waals surface area contributed by atoms with Gasteiger partial charge < -0.3 is 25.0 Å². The lowest BCUT2D eigenvalue weighted by Crippen LogP contribution is -2.53. The minimum Gasteiger partial charge on any atom is -0.454 e. The van der Waals surface area contributed by atoms with E-state index >= 15 is 0 Å².